The Hall–Kier alpha value is -3.10. The zero-order chi connectivity index (χ0) is 20.4. The lowest BCUT2D eigenvalue weighted by molar-refractivity contribution is 0.0864. The second kappa shape index (κ2) is 7.87. The summed E-state index contributed by atoms with van der Waals surface area (Å²) in [5, 5.41) is 8.52. The molecule has 0 atom stereocenters. The Morgan fingerprint density at radius 3 is 2.71 bits per heavy atom. The number of nitrogens with zero attached hydrogens (tertiary/aromatic N) is 3. The first-order valence-electron chi connectivity index (χ1n) is 8.47. The maximum atomic E-state index is 12.5. The molecule has 146 valence electrons. The average Bonchev–Trinajstić information content (AvgIpc) is 3.09. The van der Waals surface area contributed by atoms with Crippen LogP contribution in [-0.4, -0.2) is 52.8 Å². The molecular formula is C19H21ClN6O2. The highest BCUT2D eigenvalue weighted by Gasteiger charge is 2.19. The number of pyridine rings is 1. The number of halogens is 1. The van der Waals surface area contributed by atoms with E-state index in [0.29, 0.717) is 27.6 Å². The van der Waals surface area contributed by atoms with E-state index in [-0.39, 0.29) is 11.7 Å². The van der Waals surface area contributed by atoms with Crippen molar-refractivity contribution in [3.05, 3.63) is 52.8 Å². The molecule has 4 N–H and O–H groups in total. The maximum Gasteiger partial charge on any atom is 0.276 e. The van der Waals surface area contributed by atoms with Crippen LogP contribution in [0.15, 0.2) is 36.5 Å². The van der Waals surface area contributed by atoms with Crippen molar-refractivity contribution in [3.63, 3.8) is 0 Å². The Kier molecular flexibility index (Phi) is 5.53. The van der Waals surface area contributed by atoms with Gasteiger partial charge in [0.25, 0.3) is 5.91 Å². The Morgan fingerprint density at radius 2 is 2.04 bits per heavy atom. The molecule has 1 amide bonds. The Bertz CT molecular complexity index is 1050. The number of aromatic nitrogens is 2. The second-order valence-electron chi connectivity index (χ2n) is 6.61. The predicted molar refractivity (Wildman–Crippen MR) is 109 cm³/mol. The molecule has 3 rings (SSSR count). The lowest BCUT2D eigenvalue weighted by Crippen LogP contribution is -2.38. The van der Waals surface area contributed by atoms with E-state index in [1.54, 1.807) is 24.4 Å². The van der Waals surface area contributed by atoms with Crippen LogP contribution in [0.3, 0.4) is 0 Å². The standard InChI is InChI=1S/C19H21ClN6O2/c1-25(2)10-11-6-7-23-16(8-11)28-15-5-4-13(20)12-9-14(24-17(12)15)18(27)26(3)19(21)22/h4-9,24H,10H2,1-3H3,(H3,21,22). The molecule has 0 aliphatic rings. The molecule has 0 radical (unpaired) electrons. The van der Waals surface area contributed by atoms with Gasteiger partial charge < -0.3 is 20.4 Å². The third-order valence-electron chi connectivity index (χ3n) is 4.11. The van der Waals surface area contributed by atoms with Crippen LogP contribution in [0.1, 0.15) is 16.1 Å². The number of carbonyl (C=O) groups excluding carboxylic acids is 1. The third kappa shape index (κ3) is 4.08. The summed E-state index contributed by atoms with van der Waals surface area (Å²) in [7, 11) is 5.40. The van der Waals surface area contributed by atoms with Gasteiger partial charge in [-0.1, -0.05) is 11.6 Å². The summed E-state index contributed by atoms with van der Waals surface area (Å²) in [5.41, 5.74) is 7.26. The van der Waals surface area contributed by atoms with Crippen molar-refractivity contribution < 1.29 is 9.53 Å². The second-order valence-corrected chi connectivity index (χ2v) is 7.02. The van der Waals surface area contributed by atoms with Crippen molar-refractivity contribution in [2.75, 3.05) is 21.1 Å². The smallest absolute Gasteiger partial charge is 0.276 e. The van der Waals surface area contributed by atoms with Gasteiger partial charge in [-0.05, 0) is 43.9 Å². The van der Waals surface area contributed by atoms with Gasteiger partial charge in [-0.2, -0.15) is 0 Å². The van der Waals surface area contributed by atoms with Crippen LogP contribution in [0.2, 0.25) is 5.02 Å². The van der Waals surface area contributed by atoms with Gasteiger partial charge in [0.15, 0.2) is 11.7 Å². The van der Waals surface area contributed by atoms with Gasteiger partial charge in [0.05, 0.1) is 10.5 Å². The highest BCUT2D eigenvalue weighted by molar-refractivity contribution is 6.35. The van der Waals surface area contributed by atoms with Gasteiger partial charge in [-0.15, -0.1) is 0 Å². The van der Waals surface area contributed by atoms with Crippen molar-refractivity contribution in [3.8, 4) is 11.6 Å². The number of carbonyl (C=O) groups is 1. The van der Waals surface area contributed by atoms with Crippen molar-refractivity contribution in [1.82, 2.24) is 19.8 Å². The van der Waals surface area contributed by atoms with Gasteiger partial charge in [0.1, 0.15) is 5.69 Å². The number of nitrogens with one attached hydrogen (secondary N) is 2. The summed E-state index contributed by atoms with van der Waals surface area (Å²) in [6, 6.07) is 8.80. The lowest BCUT2D eigenvalue weighted by Gasteiger charge is -2.13. The van der Waals surface area contributed by atoms with Gasteiger partial charge >= 0.3 is 0 Å². The first-order chi connectivity index (χ1) is 13.3. The van der Waals surface area contributed by atoms with Gasteiger partial charge in [0, 0.05) is 31.2 Å². The summed E-state index contributed by atoms with van der Waals surface area (Å²) in [6.45, 7) is 0.757. The van der Waals surface area contributed by atoms with E-state index in [0.717, 1.165) is 17.0 Å². The Labute approximate surface area is 167 Å². The van der Waals surface area contributed by atoms with E-state index in [1.807, 2.05) is 31.1 Å². The van der Waals surface area contributed by atoms with Crippen LogP contribution in [0.4, 0.5) is 0 Å². The molecule has 0 bridgehead atoms. The van der Waals surface area contributed by atoms with Crippen LogP contribution in [0.25, 0.3) is 10.9 Å². The van der Waals surface area contributed by atoms with Gasteiger partial charge in [0.2, 0.25) is 5.88 Å². The summed E-state index contributed by atoms with van der Waals surface area (Å²) in [5.74, 6) is 0.120. The van der Waals surface area contributed by atoms with Crippen LogP contribution in [-0.2, 0) is 6.54 Å². The number of amides is 1. The quantitative estimate of drug-likeness (QED) is 0.450. The van der Waals surface area contributed by atoms with E-state index in [9.17, 15) is 4.79 Å². The maximum absolute atomic E-state index is 12.5. The zero-order valence-corrected chi connectivity index (χ0v) is 16.5. The monoisotopic (exact) mass is 400 g/mol. The van der Waals surface area contributed by atoms with Gasteiger partial charge in [-0.25, -0.2) is 4.98 Å². The number of fused-ring (bicyclic) bond motifs is 1. The molecule has 9 heteroatoms. The van der Waals surface area contributed by atoms with Crippen molar-refractivity contribution in [2.45, 2.75) is 6.54 Å². The molecule has 0 spiro atoms. The molecular weight excluding hydrogens is 380 g/mol. The summed E-state index contributed by atoms with van der Waals surface area (Å²) in [4.78, 5) is 22.8. The van der Waals surface area contributed by atoms with E-state index in [1.165, 1.54) is 7.05 Å². The van der Waals surface area contributed by atoms with Crippen molar-refractivity contribution in [1.29, 1.82) is 5.41 Å². The molecule has 1 aromatic carbocycles. The minimum atomic E-state index is -0.447. The first kappa shape index (κ1) is 19.7. The van der Waals surface area contributed by atoms with Crippen LogP contribution < -0.4 is 10.5 Å². The number of nitrogens with two attached hydrogens (primary N) is 1. The summed E-state index contributed by atoms with van der Waals surface area (Å²) >= 11 is 6.29. The summed E-state index contributed by atoms with van der Waals surface area (Å²) < 4.78 is 5.96. The molecule has 0 fully saturated rings. The predicted octanol–water partition coefficient (Wildman–Crippen LogP) is 3.04. The van der Waals surface area contributed by atoms with E-state index in [4.69, 9.17) is 27.5 Å². The normalized spacial score (nSPS) is 11.0. The molecule has 0 aliphatic heterocycles. The minimum Gasteiger partial charge on any atom is -0.437 e. The fourth-order valence-electron chi connectivity index (χ4n) is 2.73. The fraction of sp³-hybridized carbons (Fsp3) is 0.211. The number of aromatic amines is 1. The molecule has 2 heterocycles. The van der Waals surface area contributed by atoms with Crippen LogP contribution in [0.5, 0.6) is 11.6 Å². The van der Waals surface area contributed by atoms with E-state index >= 15 is 0 Å². The number of H-pyrrole nitrogens is 1. The number of rotatable bonds is 5. The molecule has 0 aliphatic carbocycles. The zero-order valence-electron chi connectivity index (χ0n) is 15.8. The van der Waals surface area contributed by atoms with Gasteiger partial charge in [-0.3, -0.25) is 15.1 Å². The lowest BCUT2D eigenvalue weighted by atomic mass is 10.2. The number of ether oxygens (including phenoxy) is 1. The first-order valence-corrected chi connectivity index (χ1v) is 8.85. The van der Waals surface area contributed by atoms with Crippen molar-refractivity contribution >= 4 is 34.4 Å². The van der Waals surface area contributed by atoms with E-state index < -0.39 is 5.91 Å². The van der Waals surface area contributed by atoms with Crippen molar-refractivity contribution in [2.24, 2.45) is 5.73 Å². The van der Waals surface area contributed by atoms with Crippen LogP contribution in [0, 0.1) is 5.41 Å². The third-order valence-corrected chi connectivity index (χ3v) is 4.44. The highest BCUT2D eigenvalue weighted by Crippen LogP contribution is 2.34. The minimum absolute atomic E-state index is 0.250. The summed E-state index contributed by atoms with van der Waals surface area (Å²) in [6.07, 6.45) is 1.69. The Balaban J connectivity index is 1.97. The van der Waals surface area contributed by atoms with Crippen LogP contribution >= 0.6 is 11.6 Å². The number of guanidine groups is 1. The molecule has 8 nitrogen and oxygen atoms in total. The Morgan fingerprint density at radius 1 is 1.29 bits per heavy atom. The molecule has 28 heavy (non-hydrogen) atoms. The molecule has 0 unspecified atom stereocenters. The fourth-order valence-corrected chi connectivity index (χ4v) is 2.94. The SMILES string of the molecule is CN(C)Cc1ccnc(Oc2ccc(Cl)c3cc(C(=O)N(C)C(=N)N)[nH]c23)c1. The largest absolute Gasteiger partial charge is 0.437 e. The number of benzene rings is 1. The number of hydrogen-bond donors (Lipinski definition) is 3. The topological polar surface area (TPSA) is 111 Å². The average molecular weight is 401 g/mol. The molecule has 0 saturated heterocycles. The molecule has 2 aromatic heterocycles. The van der Waals surface area contributed by atoms with E-state index in [2.05, 4.69) is 9.97 Å². The number of hydrogen-bond acceptors (Lipinski definition) is 5. The highest BCUT2D eigenvalue weighted by atomic mass is 35.5. The molecule has 3 aromatic rings. The molecule has 0 saturated carbocycles.